The number of carbonyl (C=O) groups is 1. The molecule has 0 radical (unpaired) electrons. The van der Waals surface area contributed by atoms with Crippen LogP contribution in [-0.4, -0.2) is 11.9 Å². The van der Waals surface area contributed by atoms with Crippen molar-refractivity contribution in [3.05, 3.63) is 29.8 Å². The largest absolute Gasteiger partial charge is 0.399 e. The first kappa shape index (κ1) is 12.9. The molecule has 0 spiro atoms. The van der Waals surface area contributed by atoms with Gasteiger partial charge in [-0.1, -0.05) is 25.0 Å². The average molecular weight is 246 g/mol. The summed E-state index contributed by atoms with van der Waals surface area (Å²) in [7, 11) is 0. The quantitative estimate of drug-likeness (QED) is 0.802. The maximum atomic E-state index is 11.9. The summed E-state index contributed by atoms with van der Waals surface area (Å²) in [6.45, 7) is 2.12. The van der Waals surface area contributed by atoms with Crippen LogP contribution in [0.4, 0.5) is 5.69 Å². The average Bonchev–Trinajstić information content (AvgIpc) is 2.81. The minimum absolute atomic E-state index is 0.0972. The number of hydrogen-bond acceptors (Lipinski definition) is 2. The van der Waals surface area contributed by atoms with Gasteiger partial charge in [0.05, 0.1) is 6.42 Å². The Morgan fingerprint density at radius 3 is 2.83 bits per heavy atom. The van der Waals surface area contributed by atoms with Crippen LogP contribution in [0.1, 0.15) is 38.2 Å². The van der Waals surface area contributed by atoms with E-state index in [0.29, 0.717) is 24.1 Å². The third kappa shape index (κ3) is 3.49. The van der Waals surface area contributed by atoms with Crippen molar-refractivity contribution in [1.82, 2.24) is 5.32 Å². The van der Waals surface area contributed by atoms with Crippen LogP contribution in [-0.2, 0) is 11.2 Å². The number of anilines is 1. The molecule has 1 atom stereocenters. The highest BCUT2D eigenvalue weighted by Crippen LogP contribution is 2.27. The fraction of sp³-hybridized carbons (Fsp3) is 0.533. The van der Waals surface area contributed by atoms with Crippen molar-refractivity contribution < 1.29 is 4.79 Å². The summed E-state index contributed by atoms with van der Waals surface area (Å²) in [6.07, 6.45) is 5.53. The molecule has 1 saturated carbocycles. The molecular weight excluding hydrogens is 224 g/mol. The third-order valence-electron chi connectivity index (χ3n) is 3.81. The van der Waals surface area contributed by atoms with Gasteiger partial charge in [0.1, 0.15) is 0 Å². The van der Waals surface area contributed by atoms with Crippen molar-refractivity contribution in [2.24, 2.45) is 5.92 Å². The molecule has 1 amide bonds. The lowest BCUT2D eigenvalue weighted by atomic mass is 9.99. The van der Waals surface area contributed by atoms with Crippen LogP contribution in [0.25, 0.3) is 0 Å². The summed E-state index contributed by atoms with van der Waals surface area (Å²) in [5.74, 6) is 0.759. The van der Waals surface area contributed by atoms with E-state index in [1.807, 2.05) is 24.3 Å². The van der Waals surface area contributed by atoms with Crippen molar-refractivity contribution in [2.75, 3.05) is 5.73 Å². The van der Waals surface area contributed by atoms with Gasteiger partial charge in [-0.15, -0.1) is 0 Å². The van der Waals surface area contributed by atoms with Gasteiger partial charge in [0.25, 0.3) is 0 Å². The minimum Gasteiger partial charge on any atom is -0.399 e. The van der Waals surface area contributed by atoms with E-state index in [1.165, 1.54) is 25.7 Å². The van der Waals surface area contributed by atoms with Crippen LogP contribution in [0.5, 0.6) is 0 Å². The molecule has 1 fully saturated rings. The predicted molar refractivity (Wildman–Crippen MR) is 74.1 cm³/mol. The maximum Gasteiger partial charge on any atom is 0.224 e. The highest BCUT2D eigenvalue weighted by atomic mass is 16.1. The monoisotopic (exact) mass is 246 g/mol. The van der Waals surface area contributed by atoms with Gasteiger partial charge >= 0.3 is 0 Å². The molecule has 0 bridgehead atoms. The third-order valence-corrected chi connectivity index (χ3v) is 3.81. The molecule has 0 aliphatic heterocycles. The van der Waals surface area contributed by atoms with E-state index in [9.17, 15) is 4.79 Å². The Morgan fingerprint density at radius 2 is 2.17 bits per heavy atom. The Bertz CT molecular complexity index is 411. The van der Waals surface area contributed by atoms with Gasteiger partial charge in [-0.25, -0.2) is 0 Å². The minimum atomic E-state index is 0.0972. The predicted octanol–water partition coefficient (Wildman–Crippen LogP) is 2.51. The van der Waals surface area contributed by atoms with Gasteiger partial charge in [-0.2, -0.15) is 0 Å². The summed E-state index contributed by atoms with van der Waals surface area (Å²) >= 11 is 0. The number of hydrogen-bond donors (Lipinski definition) is 2. The second-order valence-electron chi connectivity index (χ2n) is 5.32. The van der Waals surface area contributed by atoms with E-state index < -0.39 is 0 Å². The highest BCUT2D eigenvalue weighted by molar-refractivity contribution is 5.79. The van der Waals surface area contributed by atoms with Crippen molar-refractivity contribution in [1.29, 1.82) is 0 Å². The van der Waals surface area contributed by atoms with Crippen LogP contribution in [0, 0.1) is 5.92 Å². The first-order valence-corrected chi connectivity index (χ1v) is 6.79. The van der Waals surface area contributed by atoms with E-state index in [0.717, 1.165) is 5.56 Å². The van der Waals surface area contributed by atoms with Crippen LogP contribution in [0.2, 0.25) is 0 Å². The van der Waals surface area contributed by atoms with Crippen molar-refractivity contribution >= 4 is 11.6 Å². The molecule has 98 valence electrons. The summed E-state index contributed by atoms with van der Waals surface area (Å²) in [5, 5.41) is 3.11. The summed E-state index contributed by atoms with van der Waals surface area (Å²) in [5.41, 5.74) is 7.39. The summed E-state index contributed by atoms with van der Waals surface area (Å²) in [4.78, 5) is 11.9. The lowest BCUT2D eigenvalue weighted by molar-refractivity contribution is -0.121. The smallest absolute Gasteiger partial charge is 0.224 e. The highest BCUT2D eigenvalue weighted by Gasteiger charge is 2.22. The number of amides is 1. The standard InChI is InChI=1S/C15H22N2O/c1-11(13-6-2-3-7-13)17-15(18)10-12-5-4-8-14(16)9-12/h4-5,8-9,11,13H,2-3,6-7,10,16H2,1H3,(H,17,18)/t11-/m1/s1. The number of rotatable bonds is 4. The van der Waals surface area contributed by atoms with Crippen molar-refractivity contribution in [2.45, 2.75) is 45.1 Å². The van der Waals surface area contributed by atoms with Gasteiger partial charge in [0, 0.05) is 11.7 Å². The van der Waals surface area contributed by atoms with Gasteiger partial charge in [0.15, 0.2) is 0 Å². The molecule has 0 saturated heterocycles. The van der Waals surface area contributed by atoms with Gasteiger partial charge in [0.2, 0.25) is 5.91 Å². The van der Waals surface area contributed by atoms with Gasteiger partial charge < -0.3 is 11.1 Å². The Hall–Kier alpha value is -1.51. The van der Waals surface area contributed by atoms with E-state index in [-0.39, 0.29) is 5.91 Å². The number of benzene rings is 1. The molecule has 3 heteroatoms. The fourth-order valence-electron chi connectivity index (χ4n) is 2.77. The Balaban J connectivity index is 1.84. The van der Waals surface area contributed by atoms with Crippen LogP contribution in [0.15, 0.2) is 24.3 Å². The van der Waals surface area contributed by atoms with E-state index >= 15 is 0 Å². The topological polar surface area (TPSA) is 55.1 Å². The zero-order valence-corrected chi connectivity index (χ0v) is 11.0. The Morgan fingerprint density at radius 1 is 1.44 bits per heavy atom. The molecule has 3 N–H and O–H groups in total. The second kappa shape index (κ2) is 5.89. The molecule has 0 aromatic heterocycles. The Labute approximate surface area is 109 Å². The van der Waals surface area contributed by atoms with Crippen molar-refractivity contribution in [3.63, 3.8) is 0 Å². The number of nitrogen functional groups attached to an aromatic ring is 1. The normalized spacial score (nSPS) is 17.6. The zero-order chi connectivity index (χ0) is 13.0. The van der Waals surface area contributed by atoms with Crippen LogP contribution < -0.4 is 11.1 Å². The molecule has 2 rings (SSSR count). The summed E-state index contributed by atoms with van der Waals surface area (Å²) < 4.78 is 0. The number of nitrogens with one attached hydrogen (secondary N) is 1. The SMILES string of the molecule is C[C@@H](NC(=O)Cc1cccc(N)c1)C1CCCC1. The lowest BCUT2D eigenvalue weighted by Gasteiger charge is -2.20. The van der Waals surface area contributed by atoms with Gasteiger partial charge in [-0.05, 0) is 43.4 Å². The molecule has 1 aliphatic rings. The lowest BCUT2D eigenvalue weighted by Crippen LogP contribution is -2.38. The first-order valence-electron chi connectivity index (χ1n) is 6.79. The fourth-order valence-corrected chi connectivity index (χ4v) is 2.77. The molecule has 3 nitrogen and oxygen atoms in total. The maximum absolute atomic E-state index is 11.9. The van der Waals surface area contributed by atoms with Crippen LogP contribution in [0.3, 0.4) is 0 Å². The number of nitrogens with two attached hydrogens (primary N) is 1. The molecule has 0 heterocycles. The molecular formula is C15H22N2O. The molecule has 18 heavy (non-hydrogen) atoms. The van der Waals surface area contributed by atoms with Gasteiger partial charge in [-0.3, -0.25) is 4.79 Å². The van der Waals surface area contributed by atoms with E-state index in [2.05, 4.69) is 12.2 Å². The molecule has 0 unspecified atom stereocenters. The molecule has 1 aromatic rings. The second-order valence-corrected chi connectivity index (χ2v) is 5.32. The molecule has 1 aromatic carbocycles. The molecule has 1 aliphatic carbocycles. The van der Waals surface area contributed by atoms with Crippen LogP contribution >= 0.6 is 0 Å². The number of carbonyl (C=O) groups excluding carboxylic acids is 1. The Kier molecular flexibility index (Phi) is 4.24. The summed E-state index contributed by atoms with van der Waals surface area (Å²) in [6, 6.07) is 7.82. The van der Waals surface area contributed by atoms with E-state index in [1.54, 1.807) is 0 Å². The zero-order valence-electron chi connectivity index (χ0n) is 11.0. The first-order chi connectivity index (χ1) is 8.65. The van der Waals surface area contributed by atoms with Crippen molar-refractivity contribution in [3.8, 4) is 0 Å². The van der Waals surface area contributed by atoms with E-state index in [4.69, 9.17) is 5.73 Å².